The number of anilines is 1. The number of aliphatic hydroxyl groups is 2. The average Bonchev–Trinajstić information content (AvgIpc) is 2.44. The summed E-state index contributed by atoms with van der Waals surface area (Å²) in [5.74, 6) is -0.534. The molecule has 6 nitrogen and oxygen atoms in total. The molecule has 0 saturated carbocycles. The molecule has 6 heteroatoms. The molecule has 1 heterocycles. The number of nitrogens with zero attached hydrogens (tertiary/aromatic N) is 1. The maximum Gasteiger partial charge on any atom is 0.356 e. The van der Waals surface area contributed by atoms with Crippen LogP contribution in [0.15, 0.2) is 18.3 Å². The molecule has 1 aromatic rings. The number of carbonyl (C=O) groups excluding carboxylic acids is 1. The summed E-state index contributed by atoms with van der Waals surface area (Å²) in [4.78, 5) is 15.2. The highest BCUT2D eigenvalue weighted by Gasteiger charge is 2.26. The third-order valence-corrected chi connectivity index (χ3v) is 2.85. The second-order valence-corrected chi connectivity index (χ2v) is 4.00. The number of carbonyl (C=O) groups is 1. The highest BCUT2D eigenvalue weighted by Crippen LogP contribution is 2.18. The van der Waals surface area contributed by atoms with Gasteiger partial charge in [-0.15, -0.1) is 0 Å². The molecule has 0 aliphatic heterocycles. The van der Waals surface area contributed by atoms with Gasteiger partial charge in [-0.2, -0.15) is 0 Å². The molecule has 0 aromatic carbocycles. The minimum absolute atomic E-state index is 0.170. The van der Waals surface area contributed by atoms with Crippen molar-refractivity contribution in [3.05, 3.63) is 24.0 Å². The molecule has 0 fully saturated rings. The lowest BCUT2D eigenvalue weighted by molar-refractivity contribution is 0.0594. The number of ether oxygens (including phenoxy) is 1. The minimum atomic E-state index is -0.811. The molecular weight excluding hydrogens is 236 g/mol. The fraction of sp³-hybridized carbons (Fsp3) is 0.500. The van der Waals surface area contributed by atoms with Crippen LogP contribution in [-0.2, 0) is 4.74 Å². The second kappa shape index (κ2) is 6.32. The van der Waals surface area contributed by atoms with Crippen LogP contribution in [0.4, 0.5) is 5.69 Å². The molecule has 0 bridgehead atoms. The molecule has 18 heavy (non-hydrogen) atoms. The molecule has 0 unspecified atom stereocenters. The number of pyridine rings is 1. The summed E-state index contributed by atoms with van der Waals surface area (Å²) in [6, 6.07) is 3.17. The topological polar surface area (TPSA) is 91.7 Å². The Labute approximate surface area is 106 Å². The van der Waals surface area contributed by atoms with Crippen molar-refractivity contribution in [3.8, 4) is 0 Å². The van der Waals surface area contributed by atoms with Crippen LogP contribution in [0, 0.1) is 0 Å². The van der Waals surface area contributed by atoms with Gasteiger partial charge in [0.1, 0.15) is 5.69 Å². The molecule has 0 amide bonds. The molecule has 3 N–H and O–H groups in total. The van der Waals surface area contributed by atoms with E-state index < -0.39 is 11.5 Å². The van der Waals surface area contributed by atoms with E-state index >= 15 is 0 Å². The van der Waals surface area contributed by atoms with Gasteiger partial charge in [0.2, 0.25) is 0 Å². The molecule has 1 rings (SSSR count). The summed E-state index contributed by atoms with van der Waals surface area (Å²) in [6.45, 7) is 1.42. The average molecular weight is 254 g/mol. The molecule has 0 spiro atoms. The quantitative estimate of drug-likeness (QED) is 0.637. The third kappa shape index (κ3) is 3.18. The van der Waals surface area contributed by atoms with Crippen molar-refractivity contribution in [2.75, 3.05) is 25.6 Å². The van der Waals surface area contributed by atoms with E-state index in [1.165, 1.54) is 19.4 Å². The van der Waals surface area contributed by atoms with Crippen LogP contribution < -0.4 is 5.32 Å². The SMILES string of the molecule is CCC(CO)(CO)Nc1ccnc(C(=O)OC)c1. The third-order valence-electron chi connectivity index (χ3n) is 2.85. The lowest BCUT2D eigenvalue weighted by Crippen LogP contribution is -2.45. The Hall–Kier alpha value is -1.66. The lowest BCUT2D eigenvalue weighted by Gasteiger charge is -2.30. The van der Waals surface area contributed by atoms with Gasteiger partial charge in [0.05, 0.1) is 25.9 Å². The van der Waals surface area contributed by atoms with Gasteiger partial charge in [0, 0.05) is 11.9 Å². The molecular formula is C12H18N2O4. The van der Waals surface area contributed by atoms with Gasteiger partial charge >= 0.3 is 5.97 Å². The van der Waals surface area contributed by atoms with E-state index in [0.29, 0.717) is 12.1 Å². The van der Waals surface area contributed by atoms with E-state index in [1.807, 2.05) is 6.92 Å². The van der Waals surface area contributed by atoms with Crippen LogP contribution in [0.3, 0.4) is 0 Å². The fourth-order valence-electron chi connectivity index (χ4n) is 1.47. The van der Waals surface area contributed by atoms with Gasteiger partial charge in [-0.3, -0.25) is 0 Å². The summed E-state index contributed by atoms with van der Waals surface area (Å²) in [5.41, 5.74) is -0.0481. The van der Waals surface area contributed by atoms with Gasteiger partial charge in [-0.25, -0.2) is 9.78 Å². The molecule has 100 valence electrons. The highest BCUT2D eigenvalue weighted by molar-refractivity contribution is 5.88. The first-order valence-corrected chi connectivity index (χ1v) is 5.65. The summed E-state index contributed by atoms with van der Waals surface area (Å²) < 4.78 is 4.57. The van der Waals surface area contributed by atoms with Crippen LogP contribution >= 0.6 is 0 Å². The molecule has 1 aromatic heterocycles. The molecule has 0 atom stereocenters. The number of nitrogens with one attached hydrogen (secondary N) is 1. The largest absolute Gasteiger partial charge is 0.464 e. The van der Waals surface area contributed by atoms with E-state index in [9.17, 15) is 15.0 Å². The maximum absolute atomic E-state index is 11.3. The molecule has 0 radical (unpaired) electrons. The number of esters is 1. The van der Waals surface area contributed by atoms with Crippen molar-refractivity contribution in [2.24, 2.45) is 0 Å². The van der Waals surface area contributed by atoms with Crippen molar-refractivity contribution in [1.29, 1.82) is 0 Å². The van der Waals surface area contributed by atoms with Gasteiger partial charge in [0.15, 0.2) is 0 Å². The van der Waals surface area contributed by atoms with Crippen molar-refractivity contribution in [2.45, 2.75) is 18.9 Å². The predicted octanol–water partition coefficient (Wildman–Crippen LogP) is 0.413. The Morgan fingerprint density at radius 2 is 2.17 bits per heavy atom. The second-order valence-electron chi connectivity index (χ2n) is 4.00. The number of methoxy groups -OCH3 is 1. The summed E-state index contributed by atoms with van der Waals surface area (Å²) >= 11 is 0. The number of hydrogen-bond acceptors (Lipinski definition) is 6. The van der Waals surface area contributed by atoms with Crippen molar-refractivity contribution < 1.29 is 19.7 Å². The highest BCUT2D eigenvalue weighted by atomic mass is 16.5. The van der Waals surface area contributed by atoms with Crippen LogP contribution in [-0.4, -0.2) is 47.0 Å². The maximum atomic E-state index is 11.3. The molecule has 0 aliphatic rings. The number of aromatic nitrogens is 1. The van der Waals surface area contributed by atoms with Crippen molar-refractivity contribution >= 4 is 11.7 Å². The lowest BCUT2D eigenvalue weighted by atomic mass is 9.98. The zero-order valence-electron chi connectivity index (χ0n) is 10.5. The summed E-state index contributed by atoms with van der Waals surface area (Å²) in [7, 11) is 1.28. The zero-order valence-corrected chi connectivity index (χ0v) is 10.5. The predicted molar refractivity (Wildman–Crippen MR) is 66.4 cm³/mol. The van der Waals surface area contributed by atoms with Crippen molar-refractivity contribution in [3.63, 3.8) is 0 Å². The van der Waals surface area contributed by atoms with Gasteiger partial charge < -0.3 is 20.3 Å². The Kier molecular flexibility index (Phi) is 5.06. The first kappa shape index (κ1) is 14.4. The Balaban J connectivity index is 2.93. The van der Waals surface area contributed by atoms with Crippen LogP contribution in [0.5, 0.6) is 0 Å². The van der Waals surface area contributed by atoms with E-state index in [0.717, 1.165) is 0 Å². The monoisotopic (exact) mass is 254 g/mol. The number of aliphatic hydroxyl groups excluding tert-OH is 2. The number of hydrogen-bond donors (Lipinski definition) is 3. The smallest absolute Gasteiger partial charge is 0.356 e. The zero-order chi connectivity index (χ0) is 13.6. The fourth-order valence-corrected chi connectivity index (χ4v) is 1.47. The van der Waals surface area contributed by atoms with Gasteiger partial charge in [0.25, 0.3) is 0 Å². The van der Waals surface area contributed by atoms with E-state index in [2.05, 4.69) is 15.0 Å². The van der Waals surface area contributed by atoms with Crippen LogP contribution in [0.1, 0.15) is 23.8 Å². The van der Waals surface area contributed by atoms with Crippen LogP contribution in [0.2, 0.25) is 0 Å². The Bertz CT molecular complexity index is 397. The summed E-state index contributed by atoms with van der Waals surface area (Å²) in [6.07, 6.45) is 2.00. The van der Waals surface area contributed by atoms with Gasteiger partial charge in [-0.05, 0) is 18.6 Å². The van der Waals surface area contributed by atoms with E-state index in [4.69, 9.17) is 0 Å². The van der Waals surface area contributed by atoms with Crippen molar-refractivity contribution in [1.82, 2.24) is 4.98 Å². The minimum Gasteiger partial charge on any atom is -0.464 e. The normalized spacial score (nSPS) is 11.1. The number of rotatable bonds is 6. The molecule has 0 saturated heterocycles. The van der Waals surface area contributed by atoms with Gasteiger partial charge in [-0.1, -0.05) is 6.92 Å². The standard InChI is InChI=1S/C12H18N2O4/c1-3-12(7-15,8-16)14-9-4-5-13-10(6-9)11(17)18-2/h4-6,15-16H,3,7-8H2,1-2H3,(H,13,14). The van der Waals surface area contributed by atoms with E-state index in [-0.39, 0.29) is 18.9 Å². The molecule has 0 aliphatic carbocycles. The summed E-state index contributed by atoms with van der Waals surface area (Å²) in [5, 5.41) is 21.7. The first-order valence-electron chi connectivity index (χ1n) is 5.65. The Morgan fingerprint density at radius 1 is 1.50 bits per heavy atom. The Morgan fingerprint density at radius 3 is 2.67 bits per heavy atom. The van der Waals surface area contributed by atoms with E-state index in [1.54, 1.807) is 6.07 Å². The first-order chi connectivity index (χ1) is 8.60. The van der Waals surface area contributed by atoms with Crippen LogP contribution in [0.25, 0.3) is 0 Å².